The second-order valence-corrected chi connectivity index (χ2v) is 6.10. The van der Waals surface area contributed by atoms with Crippen LogP contribution in [0, 0.1) is 11.7 Å². The van der Waals surface area contributed by atoms with Crippen LogP contribution in [0.25, 0.3) is 0 Å². The van der Waals surface area contributed by atoms with Gasteiger partial charge in [0.15, 0.2) is 0 Å². The Morgan fingerprint density at radius 3 is 2.63 bits per heavy atom. The monoisotopic (exact) mass is 264 g/mol. The lowest BCUT2D eigenvalue weighted by atomic mass is 10.1. The van der Waals surface area contributed by atoms with Crippen LogP contribution in [0.3, 0.4) is 0 Å². The standard InChI is InChI=1S/C16H25FN2/c1-12(2)10-19(15-5-3-4-6-15)11-13-9-14(17)7-8-16(13)18/h7-9,12,15H,3-6,10-11,18H2,1-2H3. The fourth-order valence-corrected chi connectivity index (χ4v) is 3.01. The van der Waals surface area contributed by atoms with Gasteiger partial charge >= 0.3 is 0 Å². The normalized spacial score (nSPS) is 16.7. The number of hydrogen-bond donors (Lipinski definition) is 1. The maximum Gasteiger partial charge on any atom is 0.123 e. The summed E-state index contributed by atoms with van der Waals surface area (Å²) in [5.74, 6) is 0.426. The van der Waals surface area contributed by atoms with Gasteiger partial charge in [0.2, 0.25) is 0 Å². The van der Waals surface area contributed by atoms with Gasteiger partial charge in [-0.3, -0.25) is 4.90 Å². The van der Waals surface area contributed by atoms with E-state index < -0.39 is 0 Å². The van der Waals surface area contributed by atoms with Gasteiger partial charge in [-0.2, -0.15) is 0 Å². The van der Waals surface area contributed by atoms with Crippen LogP contribution in [-0.2, 0) is 6.54 Å². The van der Waals surface area contributed by atoms with E-state index in [0.29, 0.717) is 17.6 Å². The number of rotatable bonds is 5. The average molecular weight is 264 g/mol. The third-order valence-electron chi connectivity index (χ3n) is 3.92. The van der Waals surface area contributed by atoms with Crippen molar-refractivity contribution in [1.82, 2.24) is 4.90 Å². The average Bonchev–Trinajstić information content (AvgIpc) is 2.86. The summed E-state index contributed by atoms with van der Waals surface area (Å²) in [7, 11) is 0. The molecule has 2 nitrogen and oxygen atoms in total. The van der Waals surface area contributed by atoms with E-state index in [1.165, 1.54) is 31.7 Å². The zero-order chi connectivity index (χ0) is 13.8. The maximum atomic E-state index is 13.4. The summed E-state index contributed by atoms with van der Waals surface area (Å²) < 4.78 is 13.4. The van der Waals surface area contributed by atoms with Crippen molar-refractivity contribution in [3.63, 3.8) is 0 Å². The van der Waals surface area contributed by atoms with E-state index in [1.807, 2.05) is 0 Å². The molecule has 1 fully saturated rings. The summed E-state index contributed by atoms with van der Waals surface area (Å²) in [5, 5.41) is 0. The van der Waals surface area contributed by atoms with E-state index in [9.17, 15) is 4.39 Å². The largest absolute Gasteiger partial charge is 0.398 e. The van der Waals surface area contributed by atoms with Gasteiger partial charge in [-0.15, -0.1) is 0 Å². The van der Waals surface area contributed by atoms with E-state index in [-0.39, 0.29) is 5.82 Å². The van der Waals surface area contributed by atoms with Crippen LogP contribution in [0.4, 0.5) is 10.1 Å². The van der Waals surface area contributed by atoms with E-state index in [2.05, 4.69) is 18.7 Å². The first-order valence-electron chi connectivity index (χ1n) is 7.34. The Morgan fingerprint density at radius 2 is 2.00 bits per heavy atom. The first-order valence-corrected chi connectivity index (χ1v) is 7.34. The fourth-order valence-electron chi connectivity index (χ4n) is 3.01. The Bertz CT molecular complexity index is 411. The quantitative estimate of drug-likeness (QED) is 0.819. The van der Waals surface area contributed by atoms with Crippen LogP contribution in [0.15, 0.2) is 18.2 Å². The highest BCUT2D eigenvalue weighted by atomic mass is 19.1. The summed E-state index contributed by atoms with van der Waals surface area (Å²) in [6, 6.07) is 5.33. The Morgan fingerprint density at radius 1 is 1.32 bits per heavy atom. The van der Waals surface area contributed by atoms with Gasteiger partial charge in [0, 0.05) is 24.8 Å². The summed E-state index contributed by atoms with van der Waals surface area (Å²) >= 11 is 0. The highest BCUT2D eigenvalue weighted by molar-refractivity contribution is 5.46. The Kier molecular flexibility index (Phi) is 4.81. The number of nitrogens with two attached hydrogens (primary N) is 1. The van der Waals surface area contributed by atoms with Gasteiger partial charge < -0.3 is 5.73 Å². The molecule has 0 atom stereocenters. The molecular weight excluding hydrogens is 239 g/mol. The summed E-state index contributed by atoms with van der Waals surface area (Å²) in [6.07, 6.45) is 5.17. The molecule has 0 unspecified atom stereocenters. The van der Waals surface area contributed by atoms with Crippen molar-refractivity contribution >= 4 is 5.69 Å². The molecule has 1 aliphatic carbocycles. The second kappa shape index (κ2) is 6.38. The van der Waals surface area contributed by atoms with Crippen LogP contribution in [-0.4, -0.2) is 17.5 Å². The molecule has 0 radical (unpaired) electrons. The van der Waals surface area contributed by atoms with E-state index in [0.717, 1.165) is 18.7 Å². The SMILES string of the molecule is CC(C)CN(Cc1cc(F)ccc1N)C1CCCC1. The van der Waals surface area contributed by atoms with Crippen molar-refractivity contribution in [1.29, 1.82) is 0 Å². The highest BCUT2D eigenvalue weighted by Gasteiger charge is 2.23. The smallest absolute Gasteiger partial charge is 0.123 e. The highest BCUT2D eigenvalue weighted by Crippen LogP contribution is 2.27. The number of nitrogen functional groups attached to an aromatic ring is 1. The van der Waals surface area contributed by atoms with Crippen LogP contribution >= 0.6 is 0 Å². The minimum Gasteiger partial charge on any atom is -0.398 e. The Balaban J connectivity index is 2.12. The van der Waals surface area contributed by atoms with Gasteiger partial charge in [-0.05, 0) is 42.5 Å². The van der Waals surface area contributed by atoms with Crippen molar-refractivity contribution in [2.75, 3.05) is 12.3 Å². The van der Waals surface area contributed by atoms with Crippen molar-refractivity contribution < 1.29 is 4.39 Å². The molecular formula is C16H25FN2. The van der Waals surface area contributed by atoms with Crippen molar-refractivity contribution in [3.05, 3.63) is 29.6 Å². The van der Waals surface area contributed by atoms with Crippen LogP contribution < -0.4 is 5.73 Å². The molecule has 3 heteroatoms. The zero-order valence-corrected chi connectivity index (χ0v) is 12.0. The molecule has 2 N–H and O–H groups in total. The molecule has 0 saturated heterocycles. The first-order chi connectivity index (χ1) is 9.06. The molecule has 1 aromatic rings. The fraction of sp³-hybridized carbons (Fsp3) is 0.625. The molecule has 0 heterocycles. The molecule has 0 spiro atoms. The lowest BCUT2D eigenvalue weighted by molar-refractivity contribution is 0.169. The minimum atomic E-state index is -0.194. The predicted molar refractivity (Wildman–Crippen MR) is 78.3 cm³/mol. The van der Waals surface area contributed by atoms with Crippen molar-refractivity contribution in [2.45, 2.75) is 52.1 Å². The molecule has 0 aromatic heterocycles. The summed E-state index contributed by atoms with van der Waals surface area (Å²) in [5.41, 5.74) is 7.60. The summed E-state index contributed by atoms with van der Waals surface area (Å²) in [6.45, 7) is 6.29. The van der Waals surface area contributed by atoms with Gasteiger partial charge in [-0.1, -0.05) is 26.7 Å². The van der Waals surface area contributed by atoms with Crippen molar-refractivity contribution in [2.24, 2.45) is 5.92 Å². The molecule has 2 rings (SSSR count). The van der Waals surface area contributed by atoms with Crippen molar-refractivity contribution in [3.8, 4) is 0 Å². The molecule has 0 aliphatic heterocycles. The Labute approximate surface area is 115 Å². The minimum absolute atomic E-state index is 0.194. The number of benzene rings is 1. The molecule has 1 aliphatic rings. The number of halogens is 1. The van der Waals surface area contributed by atoms with Crippen LogP contribution in [0.1, 0.15) is 45.1 Å². The van der Waals surface area contributed by atoms with E-state index in [4.69, 9.17) is 5.73 Å². The Hall–Kier alpha value is -1.09. The molecule has 106 valence electrons. The molecule has 1 saturated carbocycles. The lowest BCUT2D eigenvalue weighted by Gasteiger charge is -2.30. The molecule has 1 aromatic carbocycles. The topological polar surface area (TPSA) is 29.3 Å². The van der Waals surface area contributed by atoms with Gasteiger partial charge in [-0.25, -0.2) is 4.39 Å². The van der Waals surface area contributed by atoms with E-state index in [1.54, 1.807) is 12.1 Å². The third kappa shape index (κ3) is 3.93. The molecule has 19 heavy (non-hydrogen) atoms. The number of nitrogens with zero attached hydrogens (tertiary/aromatic N) is 1. The maximum absolute atomic E-state index is 13.4. The van der Waals surface area contributed by atoms with Gasteiger partial charge in [0.1, 0.15) is 5.82 Å². The van der Waals surface area contributed by atoms with Gasteiger partial charge in [0.25, 0.3) is 0 Å². The van der Waals surface area contributed by atoms with Crippen LogP contribution in [0.2, 0.25) is 0 Å². The summed E-state index contributed by atoms with van der Waals surface area (Å²) in [4.78, 5) is 2.49. The van der Waals surface area contributed by atoms with Crippen LogP contribution in [0.5, 0.6) is 0 Å². The lowest BCUT2D eigenvalue weighted by Crippen LogP contribution is -2.35. The number of anilines is 1. The number of hydrogen-bond acceptors (Lipinski definition) is 2. The van der Waals surface area contributed by atoms with Gasteiger partial charge in [0.05, 0.1) is 0 Å². The molecule has 0 bridgehead atoms. The zero-order valence-electron chi connectivity index (χ0n) is 12.0. The third-order valence-corrected chi connectivity index (χ3v) is 3.92. The predicted octanol–water partition coefficient (Wildman–Crippen LogP) is 3.81. The van der Waals surface area contributed by atoms with E-state index >= 15 is 0 Å². The first kappa shape index (κ1) is 14.3. The second-order valence-electron chi connectivity index (χ2n) is 6.10. The molecule has 0 amide bonds.